The van der Waals surface area contributed by atoms with Crippen molar-refractivity contribution in [2.24, 2.45) is 5.92 Å². The first kappa shape index (κ1) is 19.8. The molecule has 3 fully saturated rings. The van der Waals surface area contributed by atoms with Gasteiger partial charge in [-0.25, -0.2) is 13.2 Å². The molecule has 0 radical (unpaired) electrons. The number of benzene rings is 1. The average molecular weight is 430 g/mol. The van der Waals surface area contributed by atoms with E-state index in [1.165, 1.54) is 26.4 Å². The Morgan fingerprint density at radius 1 is 1.17 bits per heavy atom. The lowest BCUT2D eigenvalue weighted by Crippen LogP contribution is -2.76. The van der Waals surface area contributed by atoms with Gasteiger partial charge in [0.1, 0.15) is 5.67 Å². The minimum absolute atomic E-state index is 0. The zero-order chi connectivity index (χ0) is 19.3. The highest BCUT2D eigenvalue weighted by atomic mass is 35.5. The van der Waals surface area contributed by atoms with Gasteiger partial charge in [0.05, 0.1) is 12.5 Å². The molecule has 6 rings (SSSR count). The van der Waals surface area contributed by atoms with E-state index in [0.29, 0.717) is 42.4 Å². The van der Waals surface area contributed by atoms with Crippen molar-refractivity contribution >= 4 is 12.4 Å². The number of alkyl halides is 3. The minimum Gasteiger partial charge on any atom is -0.493 e. The Balaban J connectivity index is 0.00000181. The summed E-state index contributed by atoms with van der Waals surface area (Å²) in [5.74, 6) is -1.60. The van der Waals surface area contributed by atoms with Crippen molar-refractivity contribution in [2.75, 3.05) is 20.2 Å². The van der Waals surface area contributed by atoms with E-state index in [4.69, 9.17) is 9.47 Å². The summed E-state index contributed by atoms with van der Waals surface area (Å²) in [6, 6.07) is 3.39. The van der Waals surface area contributed by atoms with E-state index in [1.807, 2.05) is 6.07 Å². The number of likely N-dealkylation sites (tertiary alicyclic amines) is 1. The molecule has 160 valence electrons. The number of hydrogen-bond acceptors (Lipinski definition) is 3. The fourth-order valence-corrected chi connectivity index (χ4v) is 6.88. The molecule has 3 aliphatic carbocycles. The summed E-state index contributed by atoms with van der Waals surface area (Å²) in [5, 5.41) is 0. The van der Waals surface area contributed by atoms with Gasteiger partial charge in [0.2, 0.25) is 0 Å². The molecule has 0 aromatic heterocycles. The van der Waals surface area contributed by atoms with Crippen LogP contribution in [0.15, 0.2) is 12.1 Å². The molecule has 3 nitrogen and oxygen atoms in total. The van der Waals surface area contributed by atoms with Crippen molar-refractivity contribution in [1.82, 2.24) is 4.90 Å². The van der Waals surface area contributed by atoms with Crippen LogP contribution in [-0.4, -0.2) is 48.8 Å². The summed E-state index contributed by atoms with van der Waals surface area (Å²) in [6.07, 6.45) is 2.64. The quantitative estimate of drug-likeness (QED) is 0.696. The van der Waals surface area contributed by atoms with E-state index < -0.39 is 29.5 Å². The SMILES string of the molecule is COc1ccc2c3c1O[C@H]1C(F)(F)CC[C@@]4(F)[C@@H](C2)N(CC2CCC2)CC[C@]314.Cl. The second-order valence-corrected chi connectivity index (χ2v) is 9.49. The third-order valence-electron chi connectivity index (χ3n) is 8.40. The first-order valence-corrected chi connectivity index (χ1v) is 10.6. The normalized spacial score (nSPS) is 39.0. The van der Waals surface area contributed by atoms with E-state index >= 15 is 13.2 Å². The van der Waals surface area contributed by atoms with Crippen LogP contribution in [0.1, 0.15) is 49.7 Å². The van der Waals surface area contributed by atoms with Crippen molar-refractivity contribution in [3.8, 4) is 11.5 Å². The molecule has 4 atom stereocenters. The van der Waals surface area contributed by atoms with Crippen LogP contribution >= 0.6 is 12.4 Å². The lowest BCUT2D eigenvalue weighted by atomic mass is 9.49. The Kier molecular flexibility index (Phi) is 4.23. The lowest BCUT2D eigenvalue weighted by Gasteiger charge is -2.62. The zero-order valence-corrected chi connectivity index (χ0v) is 17.4. The summed E-state index contributed by atoms with van der Waals surface area (Å²) in [7, 11) is 1.51. The van der Waals surface area contributed by atoms with Crippen molar-refractivity contribution in [1.29, 1.82) is 0 Å². The molecule has 1 aromatic rings. The third-order valence-corrected chi connectivity index (χ3v) is 8.40. The molecular weight excluding hydrogens is 403 g/mol. The van der Waals surface area contributed by atoms with Crippen molar-refractivity contribution in [3.05, 3.63) is 23.3 Å². The van der Waals surface area contributed by atoms with Gasteiger partial charge in [-0.15, -0.1) is 12.4 Å². The van der Waals surface area contributed by atoms with Gasteiger partial charge >= 0.3 is 0 Å². The average Bonchev–Trinajstić information content (AvgIpc) is 2.99. The summed E-state index contributed by atoms with van der Waals surface area (Å²) < 4.78 is 58.4. The number of rotatable bonds is 3. The fourth-order valence-electron chi connectivity index (χ4n) is 6.88. The van der Waals surface area contributed by atoms with Gasteiger partial charge in [0, 0.05) is 24.6 Å². The topological polar surface area (TPSA) is 21.7 Å². The maximum atomic E-state index is 17.0. The largest absolute Gasteiger partial charge is 0.493 e. The molecule has 2 bridgehead atoms. The Labute approximate surface area is 175 Å². The molecule has 2 saturated carbocycles. The Morgan fingerprint density at radius 3 is 2.66 bits per heavy atom. The smallest absolute Gasteiger partial charge is 0.285 e. The van der Waals surface area contributed by atoms with Crippen molar-refractivity contribution < 1.29 is 22.6 Å². The molecule has 2 heterocycles. The number of nitrogens with zero attached hydrogens (tertiary/aromatic N) is 1. The minimum atomic E-state index is -3.03. The van der Waals surface area contributed by atoms with Crippen LogP contribution in [0.4, 0.5) is 13.2 Å². The first-order valence-electron chi connectivity index (χ1n) is 10.6. The third kappa shape index (κ3) is 2.25. The molecular formula is C22H27ClF3NO2. The van der Waals surface area contributed by atoms with E-state index in [9.17, 15) is 0 Å². The second-order valence-electron chi connectivity index (χ2n) is 9.49. The number of ether oxygens (including phenoxy) is 2. The number of piperidine rings is 1. The van der Waals surface area contributed by atoms with Crippen LogP contribution in [0.2, 0.25) is 0 Å². The molecule has 0 N–H and O–H groups in total. The summed E-state index contributed by atoms with van der Waals surface area (Å²) in [4.78, 5) is 2.28. The summed E-state index contributed by atoms with van der Waals surface area (Å²) >= 11 is 0. The molecule has 1 aromatic carbocycles. The van der Waals surface area contributed by atoms with Crippen molar-refractivity contribution in [2.45, 2.75) is 74.1 Å². The number of halogens is 4. The molecule has 2 aliphatic heterocycles. The van der Waals surface area contributed by atoms with Gasteiger partial charge in [-0.05, 0) is 56.2 Å². The van der Waals surface area contributed by atoms with E-state index in [-0.39, 0.29) is 24.9 Å². The van der Waals surface area contributed by atoms with Gasteiger partial charge < -0.3 is 9.47 Å². The van der Waals surface area contributed by atoms with Gasteiger partial charge in [-0.1, -0.05) is 12.5 Å². The lowest BCUT2D eigenvalue weighted by molar-refractivity contribution is -0.223. The van der Waals surface area contributed by atoms with Crippen LogP contribution in [0.25, 0.3) is 0 Å². The highest BCUT2D eigenvalue weighted by Crippen LogP contribution is 2.69. The summed E-state index contributed by atoms with van der Waals surface area (Å²) in [6.45, 7) is 1.56. The number of methoxy groups -OCH3 is 1. The Hall–Kier alpha value is -1.14. The van der Waals surface area contributed by atoms with Gasteiger partial charge in [-0.3, -0.25) is 4.90 Å². The number of hydrogen-bond donors (Lipinski definition) is 0. The van der Waals surface area contributed by atoms with Gasteiger partial charge in [0.15, 0.2) is 17.6 Å². The van der Waals surface area contributed by atoms with E-state index in [0.717, 1.165) is 12.1 Å². The molecule has 29 heavy (non-hydrogen) atoms. The highest BCUT2D eigenvalue weighted by Gasteiger charge is 2.78. The van der Waals surface area contributed by atoms with Crippen LogP contribution in [0.5, 0.6) is 11.5 Å². The molecule has 0 unspecified atom stereocenters. The van der Waals surface area contributed by atoms with Gasteiger partial charge in [-0.2, -0.15) is 0 Å². The molecule has 1 spiro atoms. The standard InChI is InChI=1S/C22H26F3NO2.ClH/c1-27-15-6-5-14-11-16-21(23)7-8-22(24,25)19-20(21,17(14)18(15)28-19)9-10-26(16)12-13-3-2-4-13;/h5-6,13,16,19H,2-4,7-12H2,1H3;1H/t16-,19-,20+,21-;/m1./s1. The van der Waals surface area contributed by atoms with Crippen LogP contribution in [-0.2, 0) is 11.8 Å². The Morgan fingerprint density at radius 2 is 1.97 bits per heavy atom. The molecule has 7 heteroatoms. The summed E-state index contributed by atoms with van der Waals surface area (Å²) in [5.41, 5.74) is -1.29. The van der Waals surface area contributed by atoms with Crippen LogP contribution < -0.4 is 9.47 Å². The fraction of sp³-hybridized carbons (Fsp3) is 0.727. The zero-order valence-electron chi connectivity index (χ0n) is 16.6. The monoisotopic (exact) mass is 429 g/mol. The van der Waals surface area contributed by atoms with Crippen LogP contribution in [0.3, 0.4) is 0 Å². The first-order chi connectivity index (χ1) is 13.4. The van der Waals surface area contributed by atoms with E-state index in [2.05, 4.69) is 4.90 Å². The predicted molar refractivity (Wildman–Crippen MR) is 105 cm³/mol. The molecule has 5 aliphatic rings. The van der Waals surface area contributed by atoms with Crippen LogP contribution in [0, 0.1) is 5.92 Å². The molecule has 0 amide bonds. The highest BCUT2D eigenvalue weighted by molar-refractivity contribution is 5.85. The maximum absolute atomic E-state index is 17.0. The van der Waals surface area contributed by atoms with Gasteiger partial charge in [0.25, 0.3) is 5.92 Å². The predicted octanol–water partition coefficient (Wildman–Crippen LogP) is 4.68. The second kappa shape index (κ2) is 6.19. The van der Waals surface area contributed by atoms with E-state index in [1.54, 1.807) is 6.07 Å². The Bertz CT molecular complexity index is 848. The molecule has 1 saturated heterocycles. The maximum Gasteiger partial charge on any atom is 0.285 e. The van der Waals surface area contributed by atoms with Crippen molar-refractivity contribution in [3.63, 3.8) is 0 Å².